The fourth-order valence-corrected chi connectivity index (χ4v) is 2.60. The quantitative estimate of drug-likeness (QED) is 0.886. The Labute approximate surface area is 107 Å². The molecule has 0 atom stereocenters. The Kier molecular flexibility index (Phi) is 4.12. The van der Waals surface area contributed by atoms with E-state index in [-0.39, 0.29) is 5.69 Å². The summed E-state index contributed by atoms with van der Waals surface area (Å²) in [5.41, 5.74) is 0.0378. The molecule has 0 aromatic carbocycles. The lowest BCUT2D eigenvalue weighted by atomic mass is 9.89. The minimum atomic E-state index is -1.02. The van der Waals surface area contributed by atoms with Gasteiger partial charge in [-0.2, -0.15) is 0 Å². The number of hydrogen-bond donors (Lipinski definition) is 1. The van der Waals surface area contributed by atoms with Crippen molar-refractivity contribution in [3.05, 3.63) is 18.1 Å². The van der Waals surface area contributed by atoms with Crippen LogP contribution in [0.25, 0.3) is 0 Å². The van der Waals surface area contributed by atoms with Crippen molar-refractivity contribution in [2.24, 2.45) is 5.92 Å². The molecule has 0 unspecified atom stereocenters. The van der Waals surface area contributed by atoms with Gasteiger partial charge >= 0.3 is 5.97 Å². The maximum atomic E-state index is 11.1. The predicted octanol–water partition coefficient (Wildman–Crippen LogP) is 2.19. The number of anilines is 1. The zero-order valence-corrected chi connectivity index (χ0v) is 10.7. The lowest BCUT2D eigenvalue weighted by Crippen LogP contribution is -2.29. The molecule has 1 heterocycles. The van der Waals surface area contributed by atoms with Crippen molar-refractivity contribution in [1.82, 2.24) is 9.97 Å². The number of carboxylic acid groups (broad SMARTS) is 1. The van der Waals surface area contributed by atoms with E-state index in [1.165, 1.54) is 38.3 Å². The van der Waals surface area contributed by atoms with E-state index in [2.05, 4.69) is 9.97 Å². The Morgan fingerprint density at radius 2 is 2.00 bits per heavy atom. The molecule has 5 heteroatoms. The van der Waals surface area contributed by atoms with Crippen LogP contribution in [0.3, 0.4) is 0 Å². The number of rotatable bonds is 4. The molecule has 1 fully saturated rings. The fraction of sp³-hybridized carbons (Fsp3) is 0.615. The Hall–Kier alpha value is -1.65. The van der Waals surface area contributed by atoms with Crippen molar-refractivity contribution in [1.29, 1.82) is 0 Å². The molecule has 0 spiro atoms. The van der Waals surface area contributed by atoms with Crippen LogP contribution < -0.4 is 4.90 Å². The molecule has 1 saturated carbocycles. The monoisotopic (exact) mass is 249 g/mol. The molecular weight excluding hydrogens is 230 g/mol. The normalized spacial score (nSPS) is 16.5. The van der Waals surface area contributed by atoms with Crippen molar-refractivity contribution in [2.45, 2.75) is 32.1 Å². The maximum absolute atomic E-state index is 11.1. The predicted molar refractivity (Wildman–Crippen MR) is 68.8 cm³/mol. The molecule has 1 aliphatic carbocycles. The van der Waals surface area contributed by atoms with Gasteiger partial charge in [0.15, 0.2) is 11.5 Å². The summed E-state index contributed by atoms with van der Waals surface area (Å²) in [6.45, 7) is 0.860. The summed E-state index contributed by atoms with van der Waals surface area (Å²) < 4.78 is 0. The Morgan fingerprint density at radius 3 is 2.67 bits per heavy atom. The van der Waals surface area contributed by atoms with Gasteiger partial charge in [-0.1, -0.05) is 19.3 Å². The third kappa shape index (κ3) is 2.97. The van der Waals surface area contributed by atoms with E-state index >= 15 is 0 Å². The van der Waals surface area contributed by atoms with E-state index in [1.54, 1.807) is 6.20 Å². The number of aromatic nitrogens is 2. The molecule has 0 aliphatic heterocycles. The molecule has 0 radical (unpaired) electrons. The standard InChI is InChI=1S/C13H19N3O2/c1-16(9-10-5-3-2-4-6-10)12-11(13(17)18)14-7-8-15-12/h7-8,10H,2-6,9H2,1H3,(H,17,18). The summed E-state index contributed by atoms with van der Waals surface area (Å²) >= 11 is 0. The van der Waals surface area contributed by atoms with E-state index < -0.39 is 5.97 Å². The smallest absolute Gasteiger partial charge is 0.358 e. The Morgan fingerprint density at radius 1 is 1.33 bits per heavy atom. The first-order chi connectivity index (χ1) is 8.68. The molecule has 0 bridgehead atoms. The van der Waals surface area contributed by atoms with E-state index in [1.807, 2.05) is 11.9 Å². The van der Waals surface area contributed by atoms with E-state index in [4.69, 9.17) is 5.11 Å². The third-order valence-corrected chi connectivity index (χ3v) is 3.50. The first-order valence-corrected chi connectivity index (χ1v) is 6.44. The number of carboxylic acids is 1. The molecular formula is C13H19N3O2. The summed E-state index contributed by atoms with van der Waals surface area (Å²) in [6, 6.07) is 0. The Balaban J connectivity index is 2.08. The number of aromatic carboxylic acids is 1. The van der Waals surface area contributed by atoms with Crippen molar-refractivity contribution in [3.63, 3.8) is 0 Å². The summed E-state index contributed by atoms with van der Waals surface area (Å²) in [6.07, 6.45) is 9.31. The van der Waals surface area contributed by atoms with Gasteiger partial charge in [0.25, 0.3) is 0 Å². The highest BCUT2D eigenvalue weighted by atomic mass is 16.4. The molecule has 5 nitrogen and oxygen atoms in total. The van der Waals surface area contributed by atoms with Crippen LogP contribution in [0.4, 0.5) is 5.82 Å². The minimum Gasteiger partial charge on any atom is -0.476 e. The van der Waals surface area contributed by atoms with Crippen LogP contribution in [-0.4, -0.2) is 34.6 Å². The second kappa shape index (κ2) is 5.80. The average Bonchev–Trinajstić information content (AvgIpc) is 2.40. The van der Waals surface area contributed by atoms with Crippen LogP contribution >= 0.6 is 0 Å². The topological polar surface area (TPSA) is 66.3 Å². The second-order valence-corrected chi connectivity index (χ2v) is 4.92. The van der Waals surface area contributed by atoms with Crippen molar-refractivity contribution in [3.8, 4) is 0 Å². The Bertz CT molecular complexity index is 416. The van der Waals surface area contributed by atoms with Gasteiger partial charge in [-0.15, -0.1) is 0 Å². The van der Waals surface area contributed by atoms with Crippen LogP contribution in [0.1, 0.15) is 42.6 Å². The van der Waals surface area contributed by atoms with Gasteiger partial charge in [-0.25, -0.2) is 14.8 Å². The molecule has 1 N–H and O–H groups in total. The van der Waals surface area contributed by atoms with Crippen LogP contribution in [0.15, 0.2) is 12.4 Å². The van der Waals surface area contributed by atoms with E-state index in [9.17, 15) is 4.79 Å². The lowest BCUT2D eigenvalue weighted by Gasteiger charge is -2.27. The first-order valence-electron chi connectivity index (χ1n) is 6.44. The van der Waals surface area contributed by atoms with Crippen LogP contribution in [0.5, 0.6) is 0 Å². The highest BCUT2D eigenvalue weighted by Crippen LogP contribution is 2.25. The van der Waals surface area contributed by atoms with Gasteiger partial charge in [0, 0.05) is 26.0 Å². The fourth-order valence-electron chi connectivity index (χ4n) is 2.60. The van der Waals surface area contributed by atoms with E-state index in [0.29, 0.717) is 11.7 Å². The van der Waals surface area contributed by atoms with Crippen LogP contribution in [0, 0.1) is 5.92 Å². The summed E-state index contributed by atoms with van der Waals surface area (Å²) in [5.74, 6) is 0.0940. The largest absolute Gasteiger partial charge is 0.476 e. The molecule has 1 aromatic heterocycles. The highest BCUT2D eigenvalue weighted by Gasteiger charge is 2.20. The van der Waals surface area contributed by atoms with Gasteiger partial charge in [0.1, 0.15) is 0 Å². The third-order valence-electron chi connectivity index (χ3n) is 3.50. The summed E-state index contributed by atoms with van der Waals surface area (Å²) in [4.78, 5) is 21.0. The molecule has 1 aromatic rings. The van der Waals surface area contributed by atoms with Crippen LogP contribution in [-0.2, 0) is 0 Å². The average molecular weight is 249 g/mol. The number of hydrogen-bond acceptors (Lipinski definition) is 4. The zero-order valence-electron chi connectivity index (χ0n) is 10.7. The molecule has 0 saturated heterocycles. The summed E-state index contributed by atoms with van der Waals surface area (Å²) in [5, 5.41) is 9.09. The van der Waals surface area contributed by atoms with Crippen molar-refractivity contribution >= 4 is 11.8 Å². The molecule has 0 amide bonds. The SMILES string of the molecule is CN(CC1CCCCC1)c1nccnc1C(=O)O. The van der Waals surface area contributed by atoms with Crippen LogP contribution in [0.2, 0.25) is 0 Å². The van der Waals surface area contributed by atoms with Gasteiger partial charge in [0.05, 0.1) is 0 Å². The maximum Gasteiger partial charge on any atom is 0.358 e. The van der Waals surface area contributed by atoms with E-state index in [0.717, 1.165) is 6.54 Å². The zero-order chi connectivity index (χ0) is 13.0. The lowest BCUT2D eigenvalue weighted by molar-refractivity contribution is 0.0690. The molecule has 1 aliphatic rings. The van der Waals surface area contributed by atoms with Gasteiger partial charge in [-0.3, -0.25) is 0 Å². The number of nitrogens with zero attached hydrogens (tertiary/aromatic N) is 3. The molecule has 98 valence electrons. The second-order valence-electron chi connectivity index (χ2n) is 4.92. The minimum absolute atomic E-state index is 0.0378. The first kappa shape index (κ1) is 12.8. The van der Waals surface area contributed by atoms with Gasteiger partial charge < -0.3 is 10.0 Å². The molecule has 2 rings (SSSR count). The van der Waals surface area contributed by atoms with Gasteiger partial charge in [-0.05, 0) is 18.8 Å². The molecule has 18 heavy (non-hydrogen) atoms. The summed E-state index contributed by atoms with van der Waals surface area (Å²) in [7, 11) is 1.89. The van der Waals surface area contributed by atoms with Crippen molar-refractivity contribution < 1.29 is 9.90 Å². The number of carbonyl (C=O) groups is 1. The van der Waals surface area contributed by atoms with Crippen molar-refractivity contribution in [2.75, 3.05) is 18.5 Å². The highest BCUT2D eigenvalue weighted by molar-refractivity contribution is 5.90. The van der Waals surface area contributed by atoms with Gasteiger partial charge in [0.2, 0.25) is 0 Å².